The van der Waals surface area contributed by atoms with Gasteiger partial charge in [0, 0.05) is 13.7 Å². The predicted molar refractivity (Wildman–Crippen MR) is 62.8 cm³/mol. The third-order valence-electron chi connectivity index (χ3n) is 2.28. The molecule has 0 fully saturated rings. The zero-order valence-electron chi connectivity index (χ0n) is 10.1. The summed E-state index contributed by atoms with van der Waals surface area (Å²) in [4.78, 5) is 0. The van der Waals surface area contributed by atoms with E-state index in [4.69, 9.17) is 8.85 Å². The van der Waals surface area contributed by atoms with E-state index in [9.17, 15) is 0 Å². The van der Waals surface area contributed by atoms with Crippen molar-refractivity contribution < 1.29 is 8.85 Å². The van der Waals surface area contributed by atoms with Crippen LogP contribution in [0.3, 0.4) is 0 Å². The first kappa shape index (κ1) is 14.1. The van der Waals surface area contributed by atoms with Crippen molar-refractivity contribution in [1.29, 1.82) is 0 Å². The Morgan fingerprint density at radius 2 is 2.00 bits per heavy atom. The van der Waals surface area contributed by atoms with Crippen LogP contribution in [0.5, 0.6) is 0 Å². The lowest BCUT2D eigenvalue weighted by Gasteiger charge is -2.24. The SMILES string of the molecule is CCCO[Si](C)(CCCNCC)OC. The van der Waals surface area contributed by atoms with E-state index in [1.54, 1.807) is 7.11 Å². The van der Waals surface area contributed by atoms with E-state index >= 15 is 0 Å². The number of rotatable bonds is 9. The lowest BCUT2D eigenvalue weighted by Crippen LogP contribution is -2.38. The van der Waals surface area contributed by atoms with Gasteiger partial charge in [0.15, 0.2) is 0 Å². The van der Waals surface area contributed by atoms with Crippen molar-refractivity contribution >= 4 is 8.56 Å². The zero-order valence-corrected chi connectivity index (χ0v) is 11.1. The highest BCUT2D eigenvalue weighted by Crippen LogP contribution is 2.14. The van der Waals surface area contributed by atoms with E-state index in [0.717, 1.165) is 38.6 Å². The van der Waals surface area contributed by atoms with Crippen LogP contribution in [0.4, 0.5) is 0 Å². The minimum Gasteiger partial charge on any atom is -0.398 e. The summed E-state index contributed by atoms with van der Waals surface area (Å²) >= 11 is 0. The van der Waals surface area contributed by atoms with Gasteiger partial charge in [-0.2, -0.15) is 0 Å². The van der Waals surface area contributed by atoms with E-state index in [1.165, 1.54) is 0 Å². The first-order chi connectivity index (χ1) is 6.68. The summed E-state index contributed by atoms with van der Waals surface area (Å²) in [5.41, 5.74) is 0. The Labute approximate surface area is 89.4 Å². The highest BCUT2D eigenvalue weighted by atomic mass is 28.4. The molecule has 0 rings (SSSR count). The molecule has 0 amide bonds. The van der Waals surface area contributed by atoms with Gasteiger partial charge in [0.1, 0.15) is 0 Å². The maximum absolute atomic E-state index is 5.80. The molecule has 0 aliphatic carbocycles. The van der Waals surface area contributed by atoms with Crippen LogP contribution in [0.1, 0.15) is 26.7 Å². The highest BCUT2D eigenvalue weighted by Gasteiger charge is 2.28. The summed E-state index contributed by atoms with van der Waals surface area (Å²) in [5, 5.41) is 3.31. The Balaban J connectivity index is 3.63. The molecule has 1 unspecified atom stereocenters. The molecule has 0 aliphatic heterocycles. The average Bonchev–Trinajstić information content (AvgIpc) is 2.22. The summed E-state index contributed by atoms with van der Waals surface area (Å²) < 4.78 is 11.3. The Kier molecular flexibility index (Phi) is 8.47. The van der Waals surface area contributed by atoms with Gasteiger partial charge in [0.25, 0.3) is 0 Å². The Morgan fingerprint density at radius 3 is 2.50 bits per heavy atom. The normalized spacial score (nSPS) is 15.4. The quantitative estimate of drug-likeness (QED) is 0.476. The molecule has 0 bridgehead atoms. The molecule has 0 saturated carbocycles. The molecule has 0 saturated heterocycles. The number of hydrogen-bond donors (Lipinski definition) is 1. The van der Waals surface area contributed by atoms with Crippen LogP contribution in [0, 0.1) is 0 Å². The van der Waals surface area contributed by atoms with E-state index in [-0.39, 0.29) is 0 Å². The molecule has 1 N–H and O–H groups in total. The topological polar surface area (TPSA) is 30.5 Å². The molecule has 0 radical (unpaired) electrons. The van der Waals surface area contributed by atoms with Gasteiger partial charge in [-0.15, -0.1) is 0 Å². The van der Waals surface area contributed by atoms with Gasteiger partial charge < -0.3 is 14.2 Å². The van der Waals surface area contributed by atoms with Gasteiger partial charge in [-0.1, -0.05) is 13.8 Å². The Morgan fingerprint density at radius 1 is 1.29 bits per heavy atom. The smallest absolute Gasteiger partial charge is 0.334 e. The average molecular weight is 219 g/mol. The van der Waals surface area contributed by atoms with E-state index in [1.807, 2.05) is 0 Å². The third-order valence-corrected chi connectivity index (χ3v) is 5.22. The first-order valence-corrected chi connectivity index (χ1v) is 8.10. The summed E-state index contributed by atoms with van der Waals surface area (Å²) in [7, 11) is -0.0614. The van der Waals surface area contributed by atoms with Crippen LogP contribution >= 0.6 is 0 Å². The first-order valence-electron chi connectivity index (χ1n) is 5.58. The van der Waals surface area contributed by atoms with Crippen LogP contribution < -0.4 is 5.32 Å². The summed E-state index contributed by atoms with van der Waals surface area (Å²) in [6, 6.07) is 1.08. The molecule has 4 heteroatoms. The van der Waals surface area contributed by atoms with Crippen LogP contribution in [0.15, 0.2) is 0 Å². The molecule has 1 atom stereocenters. The minimum absolute atomic E-state index is 0.831. The molecular weight excluding hydrogens is 194 g/mol. The molecule has 0 heterocycles. The van der Waals surface area contributed by atoms with E-state index < -0.39 is 8.56 Å². The van der Waals surface area contributed by atoms with E-state index in [0.29, 0.717) is 0 Å². The fraction of sp³-hybridized carbons (Fsp3) is 1.00. The third kappa shape index (κ3) is 6.54. The van der Waals surface area contributed by atoms with E-state index in [2.05, 4.69) is 25.7 Å². The van der Waals surface area contributed by atoms with Crippen LogP contribution in [0.25, 0.3) is 0 Å². The van der Waals surface area contributed by atoms with Crippen molar-refractivity contribution in [3.8, 4) is 0 Å². The van der Waals surface area contributed by atoms with Gasteiger partial charge in [-0.25, -0.2) is 0 Å². The van der Waals surface area contributed by atoms with Gasteiger partial charge in [-0.3, -0.25) is 0 Å². The lowest BCUT2D eigenvalue weighted by atomic mass is 10.5. The molecule has 0 spiro atoms. The Hall–Kier alpha value is 0.0969. The molecular formula is C10H25NO2Si. The van der Waals surface area contributed by atoms with Crippen molar-refractivity contribution in [1.82, 2.24) is 5.32 Å². The number of hydrogen-bond acceptors (Lipinski definition) is 3. The molecule has 3 nitrogen and oxygen atoms in total. The van der Waals surface area contributed by atoms with Gasteiger partial charge in [0.05, 0.1) is 0 Å². The zero-order chi connectivity index (χ0) is 10.9. The number of nitrogens with one attached hydrogen (secondary N) is 1. The molecule has 0 aromatic carbocycles. The van der Waals surface area contributed by atoms with Gasteiger partial charge in [-0.05, 0) is 38.5 Å². The molecule has 0 aliphatic rings. The van der Waals surface area contributed by atoms with Crippen LogP contribution in [-0.2, 0) is 8.85 Å². The van der Waals surface area contributed by atoms with Crippen LogP contribution in [-0.4, -0.2) is 35.4 Å². The maximum Gasteiger partial charge on any atom is 0.334 e. The van der Waals surface area contributed by atoms with Crippen molar-refractivity contribution in [2.75, 3.05) is 26.8 Å². The second kappa shape index (κ2) is 8.41. The van der Waals surface area contributed by atoms with Gasteiger partial charge >= 0.3 is 8.56 Å². The molecule has 14 heavy (non-hydrogen) atoms. The second-order valence-corrected chi connectivity index (χ2v) is 7.11. The van der Waals surface area contributed by atoms with Crippen LogP contribution in [0.2, 0.25) is 12.6 Å². The van der Waals surface area contributed by atoms with Crippen molar-refractivity contribution in [2.45, 2.75) is 39.3 Å². The summed E-state index contributed by atoms with van der Waals surface area (Å²) in [5.74, 6) is 0. The maximum atomic E-state index is 5.80. The monoisotopic (exact) mass is 219 g/mol. The minimum atomic E-state index is -1.83. The van der Waals surface area contributed by atoms with Crippen molar-refractivity contribution in [2.24, 2.45) is 0 Å². The largest absolute Gasteiger partial charge is 0.398 e. The fourth-order valence-electron chi connectivity index (χ4n) is 1.26. The molecule has 86 valence electrons. The standard InChI is InChI=1S/C10H25NO2Si/c1-5-9-13-14(4,12-3)10-7-8-11-6-2/h11H,5-10H2,1-4H3. The predicted octanol–water partition coefficient (Wildman–Crippen LogP) is 2.13. The summed E-state index contributed by atoms with van der Waals surface area (Å²) in [6.07, 6.45) is 2.22. The van der Waals surface area contributed by atoms with Gasteiger partial charge in [0.2, 0.25) is 0 Å². The second-order valence-electron chi connectivity index (χ2n) is 3.64. The lowest BCUT2D eigenvalue weighted by molar-refractivity contribution is 0.204. The molecule has 0 aromatic rings. The summed E-state index contributed by atoms with van der Waals surface area (Å²) in [6.45, 7) is 9.34. The Bertz CT molecular complexity index is 135. The fourth-order valence-corrected chi connectivity index (χ4v) is 3.18. The van der Waals surface area contributed by atoms with Crippen molar-refractivity contribution in [3.63, 3.8) is 0 Å². The van der Waals surface area contributed by atoms with Crippen molar-refractivity contribution in [3.05, 3.63) is 0 Å². The molecule has 0 aromatic heterocycles. The highest BCUT2D eigenvalue weighted by molar-refractivity contribution is 6.65.